The van der Waals surface area contributed by atoms with E-state index in [1.165, 1.54) is 0 Å². The number of hydrogen-bond acceptors (Lipinski definition) is 2. The smallest absolute Gasteiger partial charge is 0.152 e. The van der Waals surface area contributed by atoms with Gasteiger partial charge in [0.1, 0.15) is 0 Å². The Kier molecular flexibility index (Phi) is 6.06. The fourth-order valence-corrected chi connectivity index (χ4v) is 2.24. The van der Waals surface area contributed by atoms with Crippen molar-refractivity contribution in [2.24, 2.45) is 5.92 Å². The molecular formula is C10H21ClO2S. The van der Waals surface area contributed by atoms with E-state index in [9.17, 15) is 8.42 Å². The molecule has 0 N–H and O–H groups in total. The van der Waals surface area contributed by atoms with Crippen molar-refractivity contribution in [3.8, 4) is 0 Å². The summed E-state index contributed by atoms with van der Waals surface area (Å²) in [6, 6.07) is 0. The fourth-order valence-electron chi connectivity index (χ4n) is 1.05. The van der Waals surface area contributed by atoms with Gasteiger partial charge in [0.05, 0.1) is 11.0 Å². The molecule has 0 aromatic rings. The fraction of sp³-hybridized carbons (Fsp3) is 1.00. The second kappa shape index (κ2) is 5.96. The number of hydrogen-bond donors (Lipinski definition) is 0. The monoisotopic (exact) mass is 240 g/mol. The topological polar surface area (TPSA) is 34.1 Å². The van der Waals surface area contributed by atoms with E-state index < -0.39 is 9.84 Å². The van der Waals surface area contributed by atoms with Gasteiger partial charge in [-0.15, -0.1) is 11.6 Å². The van der Waals surface area contributed by atoms with Crippen LogP contribution in [0.15, 0.2) is 0 Å². The van der Waals surface area contributed by atoms with Crippen molar-refractivity contribution in [1.82, 2.24) is 0 Å². The van der Waals surface area contributed by atoms with Gasteiger partial charge in [-0.3, -0.25) is 0 Å². The van der Waals surface area contributed by atoms with Gasteiger partial charge in [-0.05, 0) is 32.6 Å². The molecule has 0 heterocycles. The summed E-state index contributed by atoms with van der Waals surface area (Å²) in [5, 5.41) is -0.173. The van der Waals surface area contributed by atoms with Crippen molar-refractivity contribution in [2.75, 3.05) is 5.75 Å². The second-order valence-corrected chi connectivity index (χ2v) is 7.56. The van der Waals surface area contributed by atoms with Crippen LogP contribution in [0.1, 0.15) is 40.5 Å². The van der Waals surface area contributed by atoms with Crippen LogP contribution in [0.3, 0.4) is 0 Å². The highest BCUT2D eigenvalue weighted by Crippen LogP contribution is 2.16. The van der Waals surface area contributed by atoms with E-state index in [-0.39, 0.29) is 16.4 Å². The first-order valence-corrected chi connectivity index (χ1v) is 7.28. The summed E-state index contributed by atoms with van der Waals surface area (Å²) in [5.41, 5.74) is 0. The molecule has 0 aliphatic carbocycles. The van der Waals surface area contributed by atoms with E-state index in [1.807, 2.05) is 0 Å². The summed E-state index contributed by atoms with van der Waals surface area (Å²) in [4.78, 5) is 0. The van der Waals surface area contributed by atoms with Crippen LogP contribution in [0.5, 0.6) is 0 Å². The standard InChI is InChI=1S/C10H21ClO2S/c1-8(2)10(11)6-5-7-14(12,13)9(3)4/h8-10H,5-7H2,1-4H3. The minimum Gasteiger partial charge on any atom is -0.229 e. The van der Waals surface area contributed by atoms with Crippen LogP contribution in [0.4, 0.5) is 0 Å². The molecule has 0 aliphatic rings. The first kappa shape index (κ1) is 14.2. The van der Waals surface area contributed by atoms with Gasteiger partial charge in [0, 0.05) is 5.38 Å². The highest BCUT2D eigenvalue weighted by atomic mass is 35.5. The highest BCUT2D eigenvalue weighted by molar-refractivity contribution is 7.91. The molecule has 0 radical (unpaired) electrons. The third-order valence-corrected chi connectivity index (χ3v) is 5.37. The third kappa shape index (κ3) is 5.20. The lowest BCUT2D eigenvalue weighted by molar-refractivity contribution is 0.549. The average molecular weight is 241 g/mol. The van der Waals surface area contributed by atoms with Gasteiger partial charge in [0.15, 0.2) is 9.84 Å². The van der Waals surface area contributed by atoms with E-state index >= 15 is 0 Å². The molecule has 0 bridgehead atoms. The quantitative estimate of drug-likeness (QED) is 0.669. The Labute approximate surface area is 93.0 Å². The predicted octanol–water partition coefficient (Wildman–Crippen LogP) is 2.85. The number of sulfone groups is 1. The van der Waals surface area contributed by atoms with Crippen molar-refractivity contribution < 1.29 is 8.42 Å². The summed E-state index contributed by atoms with van der Waals surface area (Å²) in [7, 11) is -2.88. The molecule has 0 amide bonds. The first-order valence-electron chi connectivity index (χ1n) is 5.13. The average Bonchev–Trinajstić information content (AvgIpc) is 2.03. The van der Waals surface area contributed by atoms with Crippen molar-refractivity contribution in [1.29, 1.82) is 0 Å². The van der Waals surface area contributed by atoms with Crippen molar-refractivity contribution in [2.45, 2.75) is 51.2 Å². The molecule has 2 nitrogen and oxygen atoms in total. The third-order valence-electron chi connectivity index (χ3n) is 2.35. The number of alkyl halides is 1. The lowest BCUT2D eigenvalue weighted by Gasteiger charge is -2.13. The van der Waals surface area contributed by atoms with Crippen LogP contribution in [-0.2, 0) is 9.84 Å². The lowest BCUT2D eigenvalue weighted by atomic mass is 10.1. The van der Waals surface area contributed by atoms with Gasteiger partial charge in [-0.1, -0.05) is 13.8 Å². The maximum Gasteiger partial charge on any atom is 0.152 e. The van der Waals surface area contributed by atoms with Gasteiger partial charge in [0.25, 0.3) is 0 Å². The molecule has 0 aromatic carbocycles. The molecule has 86 valence electrons. The summed E-state index contributed by atoms with van der Waals surface area (Å²) >= 11 is 6.03. The Bertz CT molecular complexity index is 245. The van der Waals surface area contributed by atoms with Crippen molar-refractivity contribution in [3.05, 3.63) is 0 Å². The Balaban J connectivity index is 3.86. The Morgan fingerprint density at radius 1 is 1.14 bits per heavy atom. The molecule has 0 rings (SSSR count). The molecular weight excluding hydrogens is 220 g/mol. The minimum atomic E-state index is -2.88. The first-order chi connectivity index (χ1) is 6.27. The number of rotatable bonds is 6. The van der Waals surface area contributed by atoms with Crippen molar-refractivity contribution >= 4 is 21.4 Å². The van der Waals surface area contributed by atoms with Crippen LogP contribution < -0.4 is 0 Å². The van der Waals surface area contributed by atoms with E-state index in [0.29, 0.717) is 12.3 Å². The van der Waals surface area contributed by atoms with Crippen molar-refractivity contribution in [3.63, 3.8) is 0 Å². The lowest BCUT2D eigenvalue weighted by Crippen LogP contribution is -2.19. The van der Waals surface area contributed by atoms with E-state index in [4.69, 9.17) is 11.6 Å². The zero-order valence-electron chi connectivity index (χ0n) is 9.46. The maximum absolute atomic E-state index is 11.4. The van der Waals surface area contributed by atoms with Gasteiger partial charge in [-0.25, -0.2) is 8.42 Å². The summed E-state index contributed by atoms with van der Waals surface area (Å²) in [6.45, 7) is 7.54. The summed E-state index contributed by atoms with van der Waals surface area (Å²) in [6.07, 6.45) is 1.46. The normalized spacial score (nSPS) is 15.1. The van der Waals surface area contributed by atoms with Gasteiger partial charge < -0.3 is 0 Å². The number of halogens is 1. The molecule has 0 aromatic heterocycles. The Morgan fingerprint density at radius 3 is 2.00 bits per heavy atom. The predicted molar refractivity (Wildman–Crippen MR) is 62.6 cm³/mol. The van der Waals surface area contributed by atoms with Crippen LogP contribution in [0.25, 0.3) is 0 Å². The SMILES string of the molecule is CC(C)C(Cl)CCCS(=O)(=O)C(C)C. The van der Waals surface area contributed by atoms with Crippen LogP contribution in [-0.4, -0.2) is 24.8 Å². The molecule has 4 heteroatoms. The molecule has 1 atom stereocenters. The van der Waals surface area contributed by atoms with Gasteiger partial charge in [0.2, 0.25) is 0 Å². The summed E-state index contributed by atoms with van der Waals surface area (Å²) in [5.74, 6) is 0.680. The van der Waals surface area contributed by atoms with Crippen LogP contribution in [0, 0.1) is 5.92 Å². The molecule has 14 heavy (non-hydrogen) atoms. The van der Waals surface area contributed by atoms with E-state index in [0.717, 1.165) is 6.42 Å². The molecule has 1 unspecified atom stereocenters. The van der Waals surface area contributed by atoms with Gasteiger partial charge in [-0.2, -0.15) is 0 Å². The van der Waals surface area contributed by atoms with Crippen LogP contribution >= 0.6 is 11.6 Å². The zero-order valence-corrected chi connectivity index (χ0v) is 11.0. The molecule has 0 aliphatic heterocycles. The Morgan fingerprint density at radius 2 is 1.64 bits per heavy atom. The highest BCUT2D eigenvalue weighted by Gasteiger charge is 2.17. The van der Waals surface area contributed by atoms with E-state index in [2.05, 4.69) is 13.8 Å². The maximum atomic E-state index is 11.4. The van der Waals surface area contributed by atoms with E-state index in [1.54, 1.807) is 13.8 Å². The molecule has 0 spiro atoms. The minimum absolute atomic E-state index is 0.0948. The van der Waals surface area contributed by atoms with Gasteiger partial charge >= 0.3 is 0 Å². The largest absolute Gasteiger partial charge is 0.229 e. The molecule has 0 saturated carbocycles. The Hall–Kier alpha value is 0.240. The zero-order chi connectivity index (χ0) is 11.4. The van der Waals surface area contributed by atoms with Crippen LogP contribution in [0.2, 0.25) is 0 Å². The summed E-state index contributed by atoms with van der Waals surface area (Å²) < 4.78 is 22.9. The molecule has 0 fully saturated rings. The molecule has 0 saturated heterocycles. The second-order valence-electron chi connectivity index (χ2n) is 4.32.